The van der Waals surface area contributed by atoms with Gasteiger partial charge in [-0.05, 0) is 43.0 Å². The first kappa shape index (κ1) is 21.7. The van der Waals surface area contributed by atoms with Crippen LogP contribution in [0.5, 0.6) is 0 Å². The van der Waals surface area contributed by atoms with Gasteiger partial charge in [0.25, 0.3) is 5.91 Å². The minimum absolute atomic E-state index is 0.0115. The van der Waals surface area contributed by atoms with Crippen LogP contribution in [0.2, 0.25) is 0 Å². The Kier molecular flexibility index (Phi) is 6.69. The molecule has 28 heavy (non-hydrogen) atoms. The largest absolute Gasteiger partial charge is 0.467 e. The van der Waals surface area contributed by atoms with Crippen LogP contribution in [0, 0.1) is 5.92 Å². The average molecular weight is 400 g/mol. The van der Waals surface area contributed by atoms with Crippen molar-refractivity contribution < 1.29 is 32.3 Å². The zero-order valence-electron chi connectivity index (χ0n) is 15.9. The molecule has 6 nitrogen and oxygen atoms in total. The molecular formula is C19H23F3N2O4. The molecule has 1 aliphatic rings. The first-order chi connectivity index (χ1) is 13.1. The molecule has 1 saturated heterocycles. The van der Waals surface area contributed by atoms with E-state index in [1.807, 2.05) is 0 Å². The van der Waals surface area contributed by atoms with Crippen molar-refractivity contribution in [1.82, 2.24) is 10.2 Å². The maximum Gasteiger partial charge on any atom is 0.416 e. The van der Waals surface area contributed by atoms with Crippen molar-refractivity contribution in [2.24, 2.45) is 5.92 Å². The normalized spacial score (nSPS) is 18.1. The molecule has 1 aliphatic heterocycles. The third kappa shape index (κ3) is 4.82. The van der Waals surface area contributed by atoms with Crippen molar-refractivity contribution in [3.05, 3.63) is 35.4 Å². The summed E-state index contributed by atoms with van der Waals surface area (Å²) in [7, 11) is 1.25. The number of carbonyl (C=O) groups excluding carboxylic acids is 3. The molecule has 2 rings (SSSR count). The van der Waals surface area contributed by atoms with E-state index in [0.29, 0.717) is 19.4 Å². The number of alkyl halides is 3. The Balaban J connectivity index is 2.15. The Morgan fingerprint density at radius 2 is 1.79 bits per heavy atom. The van der Waals surface area contributed by atoms with E-state index in [1.54, 1.807) is 13.8 Å². The summed E-state index contributed by atoms with van der Waals surface area (Å²) in [5.74, 6) is -1.87. The van der Waals surface area contributed by atoms with E-state index in [-0.39, 0.29) is 11.5 Å². The minimum atomic E-state index is -4.50. The Morgan fingerprint density at radius 1 is 1.18 bits per heavy atom. The molecule has 1 aromatic rings. The fraction of sp³-hybridized carbons (Fsp3) is 0.526. The van der Waals surface area contributed by atoms with E-state index in [9.17, 15) is 27.6 Å². The van der Waals surface area contributed by atoms with Crippen molar-refractivity contribution in [3.8, 4) is 0 Å². The summed E-state index contributed by atoms with van der Waals surface area (Å²) >= 11 is 0. The number of halogens is 3. The number of nitrogens with one attached hydrogen (secondary N) is 1. The fourth-order valence-corrected chi connectivity index (χ4v) is 3.14. The number of carbonyl (C=O) groups is 3. The maximum absolute atomic E-state index is 12.9. The maximum atomic E-state index is 12.9. The number of hydrogen-bond acceptors (Lipinski definition) is 4. The highest BCUT2D eigenvalue weighted by Gasteiger charge is 2.39. The summed E-state index contributed by atoms with van der Waals surface area (Å²) in [6, 6.07) is 2.14. The first-order valence-corrected chi connectivity index (χ1v) is 8.92. The quantitative estimate of drug-likeness (QED) is 0.771. The molecule has 1 heterocycles. The van der Waals surface area contributed by atoms with Crippen LogP contribution in [0.4, 0.5) is 13.2 Å². The van der Waals surface area contributed by atoms with E-state index in [0.717, 1.165) is 24.3 Å². The van der Waals surface area contributed by atoms with Gasteiger partial charge in [-0.25, -0.2) is 4.79 Å². The molecule has 1 N–H and O–H groups in total. The Morgan fingerprint density at radius 3 is 2.29 bits per heavy atom. The zero-order valence-corrected chi connectivity index (χ0v) is 15.9. The molecular weight excluding hydrogens is 377 g/mol. The lowest BCUT2D eigenvalue weighted by atomic mass is 10.0. The van der Waals surface area contributed by atoms with Crippen LogP contribution in [-0.4, -0.2) is 48.4 Å². The summed E-state index contributed by atoms with van der Waals surface area (Å²) < 4.78 is 42.7. The monoisotopic (exact) mass is 400 g/mol. The summed E-state index contributed by atoms with van der Waals surface area (Å²) in [5.41, 5.74) is -0.851. The number of esters is 1. The van der Waals surface area contributed by atoms with E-state index in [1.165, 1.54) is 12.0 Å². The van der Waals surface area contributed by atoms with Gasteiger partial charge in [0.2, 0.25) is 5.91 Å². The second-order valence-electron chi connectivity index (χ2n) is 6.98. The fourth-order valence-electron chi connectivity index (χ4n) is 3.14. The SMILES string of the molecule is COC(=O)[C@@H]1CCCN1C(=O)[C@@H](NC(=O)c1ccc(C(F)(F)F)cc1)C(C)C. The molecule has 0 radical (unpaired) electrons. The lowest BCUT2D eigenvalue weighted by molar-refractivity contribution is -0.151. The predicted molar refractivity (Wildman–Crippen MR) is 94.3 cm³/mol. The van der Waals surface area contributed by atoms with E-state index >= 15 is 0 Å². The number of nitrogens with zero attached hydrogens (tertiary/aromatic N) is 1. The van der Waals surface area contributed by atoms with Crippen LogP contribution in [0.3, 0.4) is 0 Å². The molecule has 0 bridgehead atoms. The van der Waals surface area contributed by atoms with Gasteiger partial charge in [-0.3, -0.25) is 9.59 Å². The van der Waals surface area contributed by atoms with Gasteiger partial charge in [0, 0.05) is 12.1 Å². The van der Waals surface area contributed by atoms with Gasteiger partial charge < -0.3 is 15.0 Å². The van der Waals surface area contributed by atoms with Crippen LogP contribution in [-0.2, 0) is 20.5 Å². The lowest BCUT2D eigenvalue weighted by Crippen LogP contribution is -2.53. The van der Waals surface area contributed by atoms with Gasteiger partial charge in [0.15, 0.2) is 0 Å². The van der Waals surface area contributed by atoms with Crippen LogP contribution >= 0.6 is 0 Å². The van der Waals surface area contributed by atoms with Crippen LogP contribution in [0.15, 0.2) is 24.3 Å². The van der Waals surface area contributed by atoms with Gasteiger partial charge in [-0.2, -0.15) is 13.2 Å². The lowest BCUT2D eigenvalue weighted by Gasteiger charge is -2.29. The molecule has 1 aromatic carbocycles. The molecule has 0 unspecified atom stereocenters. The second kappa shape index (κ2) is 8.62. The van der Waals surface area contributed by atoms with E-state index in [2.05, 4.69) is 5.32 Å². The van der Waals surface area contributed by atoms with Crippen LogP contribution in [0.25, 0.3) is 0 Å². The summed E-state index contributed by atoms with van der Waals surface area (Å²) in [6.07, 6.45) is -3.37. The molecule has 154 valence electrons. The van der Waals surface area contributed by atoms with Gasteiger partial charge >= 0.3 is 12.1 Å². The highest BCUT2D eigenvalue weighted by molar-refractivity contribution is 5.98. The average Bonchev–Trinajstić information content (AvgIpc) is 3.13. The Labute approximate surface area is 161 Å². The molecule has 9 heteroatoms. The highest BCUT2D eigenvalue weighted by atomic mass is 19.4. The number of likely N-dealkylation sites (tertiary alicyclic amines) is 1. The number of benzene rings is 1. The topological polar surface area (TPSA) is 75.7 Å². The van der Waals surface area contributed by atoms with Crippen molar-refractivity contribution in [2.45, 2.75) is 44.9 Å². The predicted octanol–water partition coefficient (Wildman–Crippen LogP) is 2.62. The Hall–Kier alpha value is -2.58. The van der Waals surface area contributed by atoms with E-state index < -0.39 is 41.6 Å². The zero-order chi connectivity index (χ0) is 21.1. The molecule has 0 aromatic heterocycles. The van der Waals surface area contributed by atoms with Crippen LogP contribution < -0.4 is 5.32 Å². The number of hydrogen-bond donors (Lipinski definition) is 1. The van der Waals surface area contributed by atoms with Crippen LogP contribution in [0.1, 0.15) is 42.6 Å². The van der Waals surface area contributed by atoms with Crippen molar-refractivity contribution in [2.75, 3.05) is 13.7 Å². The van der Waals surface area contributed by atoms with Gasteiger partial charge in [-0.15, -0.1) is 0 Å². The smallest absolute Gasteiger partial charge is 0.416 e. The van der Waals surface area contributed by atoms with Crippen molar-refractivity contribution in [3.63, 3.8) is 0 Å². The molecule has 2 amide bonds. The number of rotatable bonds is 5. The number of methoxy groups -OCH3 is 1. The summed E-state index contributed by atoms with van der Waals surface area (Å²) in [5, 5.41) is 2.58. The molecule has 0 spiro atoms. The third-order valence-corrected chi connectivity index (χ3v) is 4.70. The molecule has 0 aliphatic carbocycles. The number of amides is 2. The molecule has 1 fully saturated rings. The second-order valence-corrected chi connectivity index (χ2v) is 6.98. The number of ether oxygens (including phenoxy) is 1. The summed E-state index contributed by atoms with van der Waals surface area (Å²) in [4.78, 5) is 38.7. The third-order valence-electron chi connectivity index (χ3n) is 4.70. The van der Waals surface area contributed by atoms with Crippen molar-refractivity contribution >= 4 is 17.8 Å². The molecule has 2 atom stereocenters. The van der Waals surface area contributed by atoms with E-state index in [4.69, 9.17) is 4.74 Å². The first-order valence-electron chi connectivity index (χ1n) is 8.92. The highest BCUT2D eigenvalue weighted by Crippen LogP contribution is 2.29. The summed E-state index contributed by atoms with van der Waals surface area (Å²) in [6.45, 7) is 3.84. The molecule has 0 saturated carbocycles. The van der Waals surface area contributed by atoms with Crippen molar-refractivity contribution in [1.29, 1.82) is 0 Å². The minimum Gasteiger partial charge on any atom is -0.467 e. The van der Waals surface area contributed by atoms with Gasteiger partial charge in [-0.1, -0.05) is 13.8 Å². The van der Waals surface area contributed by atoms with Gasteiger partial charge in [0.05, 0.1) is 12.7 Å². The Bertz CT molecular complexity index is 732. The van der Waals surface area contributed by atoms with Gasteiger partial charge in [0.1, 0.15) is 12.1 Å². The standard InChI is InChI=1S/C19H23F3N2O4/c1-11(2)15(17(26)24-10-4-5-14(24)18(27)28-3)23-16(25)12-6-8-13(9-7-12)19(20,21)22/h6-9,11,14-15H,4-5,10H2,1-3H3,(H,23,25)/t14-,15-/m0/s1.